The minimum absolute atomic E-state index is 0.242. The van der Waals surface area contributed by atoms with Gasteiger partial charge < -0.3 is 14.8 Å². The summed E-state index contributed by atoms with van der Waals surface area (Å²) < 4.78 is 2.84. The number of carbonyl (C=O) groups is 1. The maximum atomic E-state index is 10.5. The number of benzene rings is 1. The van der Waals surface area contributed by atoms with E-state index in [2.05, 4.69) is 15.9 Å². The van der Waals surface area contributed by atoms with Crippen LogP contribution in [0, 0.1) is 0 Å². The first kappa shape index (κ1) is 12.1. The van der Waals surface area contributed by atoms with Crippen molar-refractivity contribution in [2.24, 2.45) is 0 Å². The van der Waals surface area contributed by atoms with Crippen molar-refractivity contribution in [1.29, 1.82) is 0 Å². The third-order valence-electron chi connectivity index (χ3n) is 2.58. The summed E-state index contributed by atoms with van der Waals surface area (Å²) in [5.74, 6) is -0.991. The molecule has 17 heavy (non-hydrogen) atoms. The number of carboxylic acids is 1. The molecule has 0 aliphatic rings. The highest BCUT2D eigenvalue weighted by Crippen LogP contribution is 2.24. The number of aliphatic carboxylic acids is 1. The zero-order chi connectivity index (χ0) is 12.4. The molecule has 2 rings (SSSR count). The monoisotopic (exact) mass is 297 g/mol. The average molecular weight is 298 g/mol. The third kappa shape index (κ3) is 2.68. The van der Waals surface area contributed by atoms with Gasteiger partial charge in [0.25, 0.3) is 0 Å². The molecule has 1 aromatic heterocycles. The second-order valence-corrected chi connectivity index (χ2v) is 4.75. The van der Waals surface area contributed by atoms with E-state index in [1.165, 1.54) is 0 Å². The average Bonchev–Trinajstić information content (AvgIpc) is 2.62. The highest BCUT2D eigenvalue weighted by Gasteiger charge is 2.12. The maximum absolute atomic E-state index is 10.5. The molecule has 2 N–H and O–H groups in total. The molecule has 0 spiro atoms. The standard InChI is InChI=1S/C12H12BrNO3/c13-10-2-1-3-11-9(10)4-5-14(11)7-8(15)6-12(16)17/h1-5,8,15H,6-7H2,(H,16,17). The number of aliphatic hydroxyl groups is 1. The van der Waals surface area contributed by atoms with Gasteiger partial charge in [-0.15, -0.1) is 0 Å². The molecule has 0 radical (unpaired) electrons. The Kier molecular flexibility index (Phi) is 3.49. The van der Waals surface area contributed by atoms with Crippen LogP contribution >= 0.6 is 15.9 Å². The van der Waals surface area contributed by atoms with Crippen LogP contribution in [0.25, 0.3) is 10.9 Å². The number of hydrogen-bond acceptors (Lipinski definition) is 2. The fraction of sp³-hybridized carbons (Fsp3) is 0.250. The number of aliphatic hydroxyl groups excluding tert-OH is 1. The minimum atomic E-state index is -0.991. The Morgan fingerprint density at radius 3 is 2.88 bits per heavy atom. The summed E-state index contributed by atoms with van der Waals surface area (Å²) >= 11 is 3.45. The second kappa shape index (κ2) is 4.89. The fourth-order valence-corrected chi connectivity index (χ4v) is 2.33. The molecule has 5 heteroatoms. The molecule has 1 atom stereocenters. The molecule has 0 aliphatic heterocycles. The second-order valence-electron chi connectivity index (χ2n) is 3.89. The summed E-state index contributed by atoms with van der Waals surface area (Å²) in [4.78, 5) is 10.5. The molecule has 1 unspecified atom stereocenters. The lowest BCUT2D eigenvalue weighted by Crippen LogP contribution is -2.19. The van der Waals surface area contributed by atoms with Crippen molar-refractivity contribution in [1.82, 2.24) is 4.57 Å². The Morgan fingerprint density at radius 1 is 1.41 bits per heavy atom. The first-order chi connectivity index (χ1) is 8.08. The molecule has 4 nitrogen and oxygen atoms in total. The summed E-state index contributed by atoms with van der Waals surface area (Å²) in [6, 6.07) is 7.73. The van der Waals surface area contributed by atoms with Crippen molar-refractivity contribution in [2.75, 3.05) is 0 Å². The van der Waals surface area contributed by atoms with E-state index in [9.17, 15) is 9.90 Å². The number of fused-ring (bicyclic) bond motifs is 1. The fourth-order valence-electron chi connectivity index (χ4n) is 1.84. The smallest absolute Gasteiger partial charge is 0.306 e. The van der Waals surface area contributed by atoms with E-state index in [1.54, 1.807) is 0 Å². The van der Waals surface area contributed by atoms with E-state index in [0.717, 1.165) is 15.4 Å². The zero-order valence-corrected chi connectivity index (χ0v) is 10.6. The number of nitrogens with zero attached hydrogens (tertiary/aromatic N) is 1. The lowest BCUT2D eigenvalue weighted by Gasteiger charge is -2.10. The van der Waals surface area contributed by atoms with Crippen LogP contribution in [-0.2, 0) is 11.3 Å². The summed E-state index contributed by atoms with van der Waals surface area (Å²) in [6.07, 6.45) is 0.732. The summed E-state index contributed by atoms with van der Waals surface area (Å²) in [7, 11) is 0. The van der Waals surface area contributed by atoms with E-state index < -0.39 is 12.1 Å². The summed E-state index contributed by atoms with van der Waals surface area (Å²) in [5, 5.41) is 19.3. The van der Waals surface area contributed by atoms with Crippen LogP contribution < -0.4 is 0 Å². The Balaban J connectivity index is 2.25. The molecule has 2 aromatic rings. The molecule has 1 heterocycles. The first-order valence-corrected chi connectivity index (χ1v) is 6.00. The van der Waals surface area contributed by atoms with Gasteiger partial charge in [0.2, 0.25) is 0 Å². The van der Waals surface area contributed by atoms with Crippen molar-refractivity contribution in [3.05, 3.63) is 34.9 Å². The number of hydrogen-bond donors (Lipinski definition) is 2. The van der Waals surface area contributed by atoms with Gasteiger partial charge in [-0.25, -0.2) is 0 Å². The van der Waals surface area contributed by atoms with Crippen LogP contribution in [0.2, 0.25) is 0 Å². The lowest BCUT2D eigenvalue weighted by atomic mass is 10.2. The molecule has 0 saturated carbocycles. The van der Waals surface area contributed by atoms with Crippen LogP contribution in [0.15, 0.2) is 34.9 Å². The van der Waals surface area contributed by atoms with Gasteiger partial charge in [-0.05, 0) is 18.2 Å². The third-order valence-corrected chi connectivity index (χ3v) is 3.27. The first-order valence-electron chi connectivity index (χ1n) is 5.21. The zero-order valence-electron chi connectivity index (χ0n) is 9.01. The molecule has 0 aliphatic carbocycles. The topological polar surface area (TPSA) is 62.5 Å². The number of halogens is 1. The SMILES string of the molecule is O=C(O)CC(O)Cn1ccc2c(Br)cccc21. The van der Waals surface area contributed by atoms with Gasteiger partial charge in [0, 0.05) is 28.1 Å². The van der Waals surface area contributed by atoms with Crippen molar-refractivity contribution in [3.63, 3.8) is 0 Å². The van der Waals surface area contributed by atoms with Gasteiger partial charge in [0.05, 0.1) is 12.5 Å². The van der Waals surface area contributed by atoms with Crippen molar-refractivity contribution >= 4 is 32.8 Å². The predicted molar refractivity (Wildman–Crippen MR) is 67.9 cm³/mol. The van der Waals surface area contributed by atoms with Crippen LogP contribution in [0.4, 0.5) is 0 Å². The van der Waals surface area contributed by atoms with E-state index in [4.69, 9.17) is 5.11 Å². The van der Waals surface area contributed by atoms with Gasteiger partial charge in [-0.3, -0.25) is 4.79 Å². The van der Waals surface area contributed by atoms with Crippen molar-refractivity contribution < 1.29 is 15.0 Å². The molecule has 0 amide bonds. The van der Waals surface area contributed by atoms with E-state index in [1.807, 2.05) is 35.0 Å². The molecular formula is C12H12BrNO3. The van der Waals surface area contributed by atoms with Gasteiger partial charge in [0.1, 0.15) is 0 Å². The Bertz CT molecular complexity index is 550. The van der Waals surface area contributed by atoms with Gasteiger partial charge in [-0.1, -0.05) is 22.0 Å². The molecule has 90 valence electrons. The molecule has 0 bridgehead atoms. The summed E-state index contributed by atoms with van der Waals surface area (Å²) in [6.45, 7) is 0.284. The number of carboxylic acid groups (broad SMARTS) is 1. The predicted octanol–water partition coefficient (Wildman–Crippen LogP) is 2.24. The maximum Gasteiger partial charge on any atom is 0.306 e. The van der Waals surface area contributed by atoms with Gasteiger partial charge in [0.15, 0.2) is 0 Å². The number of aromatic nitrogens is 1. The van der Waals surface area contributed by atoms with Crippen molar-refractivity contribution in [2.45, 2.75) is 19.1 Å². The molecule has 0 fully saturated rings. The van der Waals surface area contributed by atoms with Gasteiger partial charge >= 0.3 is 5.97 Å². The summed E-state index contributed by atoms with van der Waals surface area (Å²) in [5.41, 5.74) is 0.976. The van der Waals surface area contributed by atoms with E-state index >= 15 is 0 Å². The quantitative estimate of drug-likeness (QED) is 0.910. The van der Waals surface area contributed by atoms with Crippen LogP contribution in [0.3, 0.4) is 0 Å². The minimum Gasteiger partial charge on any atom is -0.481 e. The molecule has 0 saturated heterocycles. The number of rotatable bonds is 4. The lowest BCUT2D eigenvalue weighted by molar-refractivity contribution is -0.139. The Hall–Kier alpha value is -1.33. The van der Waals surface area contributed by atoms with Crippen molar-refractivity contribution in [3.8, 4) is 0 Å². The van der Waals surface area contributed by atoms with Crippen LogP contribution in [-0.4, -0.2) is 26.9 Å². The normalized spacial score (nSPS) is 12.8. The van der Waals surface area contributed by atoms with Gasteiger partial charge in [-0.2, -0.15) is 0 Å². The molecular weight excluding hydrogens is 286 g/mol. The van der Waals surface area contributed by atoms with Crippen LogP contribution in [0.5, 0.6) is 0 Å². The largest absolute Gasteiger partial charge is 0.481 e. The van der Waals surface area contributed by atoms with E-state index in [0.29, 0.717) is 0 Å². The van der Waals surface area contributed by atoms with E-state index in [-0.39, 0.29) is 13.0 Å². The van der Waals surface area contributed by atoms with Crippen LogP contribution in [0.1, 0.15) is 6.42 Å². The Labute approximate surface area is 107 Å². The molecule has 1 aromatic carbocycles. The highest BCUT2D eigenvalue weighted by molar-refractivity contribution is 9.10. The Morgan fingerprint density at radius 2 is 2.18 bits per heavy atom. The highest BCUT2D eigenvalue weighted by atomic mass is 79.9.